The molecule has 0 aromatic heterocycles. The van der Waals surface area contributed by atoms with Crippen LogP contribution in [0.15, 0.2) is 23.1 Å². The summed E-state index contributed by atoms with van der Waals surface area (Å²) >= 11 is 0. The van der Waals surface area contributed by atoms with Crippen molar-refractivity contribution in [2.45, 2.75) is 37.0 Å². The number of carbonyl (C=O) groups excluding carboxylic acids is 1. The predicted molar refractivity (Wildman–Crippen MR) is 89.1 cm³/mol. The molecule has 1 fully saturated rings. The molecule has 0 aliphatic heterocycles. The number of sulfonamides is 1. The quantitative estimate of drug-likeness (QED) is 0.893. The average molecular weight is 340 g/mol. The monoisotopic (exact) mass is 340 g/mol. The van der Waals surface area contributed by atoms with Crippen LogP contribution < -0.4 is 10.1 Å². The summed E-state index contributed by atoms with van der Waals surface area (Å²) in [6.45, 7) is 0. The maximum Gasteiger partial charge on any atom is 0.246 e. The Kier molecular flexibility index (Phi) is 5.64. The maximum atomic E-state index is 12.4. The zero-order chi connectivity index (χ0) is 17.0. The molecule has 128 valence electrons. The molecule has 1 aromatic carbocycles. The SMILES string of the molecule is COc1ccc(NC(=O)C2CCCCC2)cc1S(=O)(=O)N(C)C. The Labute approximate surface area is 137 Å². The van der Waals surface area contributed by atoms with Crippen molar-refractivity contribution in [3.8, 4) is 5.75 Å². The van der Waals surface area contributed by atoms with E-state index in [1.54, 1.807) is 12.1 Å². The van der Waals surface area contributed by atoms with Gasteiger partial charge in [0.25, 0.3) is 0 Å². The number of methoxy groups -OCH3 is 1. The van der Waals surface area contributed by atoms with Crippen molar-refractivity contribution in [2.24, 2.45) is 5.92 Å². The lowest BCUT2D eigenvalue weighted by Crippen LogP contribution is -2.25. The van der Waals surface area contributed by atoms with Crippen LogP contribution in [0.25, 0.3) is 0 Å². The highest BCUT2D eigenvalue weighted by atomic mass is 32.2. The Balaban J connectivity index is 2.25. The molecule has 1 saturated carbocycles. The van der Waals surface area contributed by atoms with Gasteiger partial charge in [-0.2, -0.15) is 0 Å². The molecule has 1 aliphatic rings. The zero-order valence-electron chi connectivity index (χ0n) is 13.8. The van der Waals surface area contributed by atoms with E-state index in [0.717, 1.165) is 30.0 Å². The number of amides is 1. The number of hydrogen-bond acceptors (Lipinski definition) is 4. The molecule has 0 spiro atoms. The molecule has 1 aromatic rings. The smallest absolute Gasteiger partial charge is 0.246 e. The summed E-state index contributed by atoms with van der Waals surface area (Å²) < 4.78 is 31.0. The molecular weight excluding hydrogens is 316 g/mol. The molecule has 0 radical (unpaired) electrons. The van der Waals surface area contributed by atoms with Gasteiger partial charge in [-0.25, -0.2) is 12.7 Å². The first-order chi connectivity index (χ1) is 10.9. The second-order valence-corrected chi connectivity index (χ2v) is 8.10. The predicted octanol–water partition coefficient (Wildman–Crippen LogP) is 2.46. The molecule has 1 N–H and O–H groups in total. The van der Waals surface area contributed by atoms with Gasteiger partial charge < -0.3 is 10.1 Å². The summed E-state index contributed by atoms with van der Waals surface area (Å²) in [5, 5.41) is 2.84. The number of carbonyl (C=O) groups is 1. The van der Waals surface area contributed by atoms with Gasteiger partial charge in [0.15, 0.2) is 0 Å². The Hall–Kier alpha value is -1.60. The third-order valence-corrected chi connectivity index (χ3v) is 6.00. The zero-order valence-corrected chi connectivity index (χ0v) is 14.6. The highest BCUT2D eigenvalue weighted by Crippen LogP contribution is 2.30. The number of rotatable bonds is 5. The van der Waals surface area contributed by atoms with Crippen LogP contribution in [0.2, 0.25) is 0 Å². The van der Waals surface area contributed by atoms with E-state index in [4.69, 9.17) is 4.74 Å². The van der Waals surface area contributed by atoms with Crippen molar-refractivity contribution in [2.75, 3.05) is 26.5 Å². The molecule has 23 heavy (non-hydrogen) atoms. The van der Waals surface area contributed by atoms with E-state index in [2.05, 4.69) is 5.32 Å². The number of nitrogens with zero attached hydrogens (tertiary/aromatic N) is 1. The van der Waals surface area contributed by atoms with Crippen molar-refractivity contribution >= 4 is 21.6 Å². The van der Waals surface area contributed by atoms with Crippen LogP contribution in [-0.4, -0.2) is 39.8 Å². The lowest BCUT2D eigenvalue weighted by molar-refractivity contribution is -0.120. The molecule has 0 unspecified atom stereocenters. The van der Waals surface area contributed by atoms with E-state index in [-0.39, 0.29) is 22.5 Å². The minimum atomic E-state index is -3.65. The summed E-state index contributed by atoms with van der Waals surface area (Å²) in [6.07, 6.45) is 5.11. The van der Waals surface area contributed by atoms with Crippen LogP contribution in [0.5, 0.6) is 5.75 Å². The first-order valence-electron chi connectivity index (χ1n) is 7.77. The van der Waals surface area contributed by atoms with Gasteiger partial charge in [0.2, 0.25) is 15.9 Å². The molecule has 1 aliphatic carbocycles. The van der Waals surface area contributed by atoms with Crippen molar-refractivity contribution in [3.05, 3.63) is 18.2 Å². The molecular formula is C16H24N2O4S. The molecule has 6 nitrogen and oxygen atoms in total. The first kappa shape index (κ1) is 17.7. The standard InChI is InChI=1S/C16H24N2O4S/c1-18(2)23(20,21)15-11-13(9-10-14(15)22-3)17-16(19)12-7-5-4-6-8-12/h9-12H,4-8H2,1-3H3,(H,17,19). The summed E-state index contributed by atoms with van der Waals surface area (Å²) in [6, 6.07) is 4.68. The Bertz CT molecular complexity index is 665. The number of benzene rings is 1. The largest absolute Gasteiger partial charge is 0.495 e. The number of ether oxygens (including phenoxy) is 1. The topological polar surface area (TPSA) is 75.7 Å². The van der Waals surface area contributed by atoms with Crippen molar-refractivity contribution < 1.29 is 17.9 Å². The van der Waals surface area contributed by atoms with Crippen LogP contribution in [0.1, 0.15) is 32.1 Å². The van der Waals surface area contributed by atoms with Crippen molar-refractivity contribution in [1.29, 1.82) is 0 Å². The normalized spacial score (nSPS) is 16.3. The van der Waals surface area contributed by atoms with Crippen LogP contribution in [-0.2, 0) is 14.8 Å². The highest BCUT2D eigenvalue weighted by molar-refractivity contribution is 7.89. The lowest BCUT2D eigenvalue weighted by Gasteiger charge is -2.21. The second-order valence-electron chi connectivity index (χ2n) is 5.98. The first-order valence-corrected chi connectivity index (χ1v) is 9.21. The van der Waals surface area contributed by atoms with Gasteiger partial charge in [0.05, 0.1) is 7.11 Å². The van der Waals surface area contributed by atoms with Gasteiger partial charge in [-0.1, -0.05) is 19.3 Å². The van der Waals surface area contributed by atoms with Gasteiger partial charge in [-0.05, 0) is 31.0 Å². The van der Waals surface area contributed by atoms with E-state index in [9.17, 15) is 13.2 Å². The third kappa shape index (κ3) is 4.03. The second kappa shape index (κ2) is 7.31. The minimum absolute atomic E-state index is 0.0137. The maximum absolute atomic E-state index is 12.4. The van der Waals surface area contributed by atoms with E-state index in [0.29, 0.717) is 5.69 Å². The fourth-order valence-corrected chi connectivity index (χ4v) is 3.84. The van der Waals surface area contributed by atoms with Crippen molar-refractivity contribution in [3.63, 3.8) is 0 Å². The van der Waals surface area contributed by atoms with Gasteiger partial charge in [0.1, 0.15) is 10.6 Å². The van der Waals surface area contributed by atoms with E-state index < -0.39 is 10.0 Å². The fourth-order valence-electron chi connectivity index (χ4n) is 2.76. The van der Waals surface area contributed by atoms with E-state index in [1.807, 2.05) is 0 Å². The van der Waals surface area contributed by atoms with Crippen molar-refractivity contribution in [1.82, 2.24) is 4.31 Å². The molecule has 0 atom stereocenters. The van der Waals surface area contributed by atoms with Gasteiger partial charge in [-0.15, -0.1) is 0 Å². The molecule has 7 heteroatoms. The van der Waals surface area contributed by atoms with Gasteiger partial charge in [-0.3, -0.25) is 4.79 Å². The minimum Gasteiger partial charge on any atom is -0.495 e. The van der Waals surface area contributed by atoms with Crippen LogP contribution in [0.3, 0.4) is 0 Å². The summed E-state index contributed by atoms with van der Waals surface area (Å²) in [5.41, 5.74) is 0.474. The van der Waals surface area contributed by atoms with Gasteiger partial charge >= 0.3 is 0 Å². The number of anilines is 1. The fraction of sp³-hybridized carbons (Fsp3) is 0.562. The summed E-state index contributed by atoms with van der Waals surface area (Å²) in [4.78, 5) is 12.4. The summed E-state index contributed by atoms with van der Waals surface area (Å²) in [7, 11) is 0.696. The number of hydrogen-bond donors (Lipinski definition) is 1. The highest BCUT2D eigenvalue weighted by Gasteiger charge is 2.25. The van der Waals surface area contributed by atoms with Gasteiger partial charge in [0, 0.05) is 25.7 Å². The molecule has 2 rings (SSSR count). The molecule has 0 bridgehead atoms. The van der Waals surface area contributed by atoms with E-state index >= 15 is 0 Å². The Morgan fingerprint density at radius 3 is 2.43 bits per heavy atom. The Morgan fingerprint density at radius 1 is 1.22 bits per heavy atom. The lowest BCUT2D eigenvalue weighted by atomic mass is 9.88. The van der Waals surface area contributed by atoms with Crippen LogP contribution in [0.4, 0.5) is 5.69 Å². The van der Waals surface area contributed by atoms with E-state index in [1.165, 1.54) is 33.7 Å². The molecule has 0 saturated heterocycles. The number of nitrogens with one attached hydrogen (secondary N) is 1. The third-order valence-electron chi connectivity index (χ3n) is 4.17. The average Bonchev–Trinajstić information content (AvgIpc) is 2.55. The van der Waals surface area contributed by atoms with Crippen LogP contribution >= 0.6 is 0 Å². The summed E-state index contributed by atoms with van der Waals surface area (Å²) in [5.74, 6) is 0.234. The molecule has 0 heterocycles. The molecule has 1 amide bonds. The Morgan fingerprint density at radius 2 is 1.87 bits per heavy atom. The van der Waals surface area contributed by atoms with Crippen LogP contribution in [0, 0.1) is 5.92 Å².